The normalized spacial score (nSPS) is 17.0. The Bertz CT molecular complexity index is 1080. The Kier molecular flexibility index (Phi) is 8.21. The molecule has 1 aliphatic heterocycles. The average Bonchev–Trinajstić information content (AvgIpc) is 2.79. The number of aromatic nitrogens is 2. The van der Waals surface area contributed by atoms with Crippen LogP contribution in [-0.2, 0) is 28.7 Å². The third-order valence-corrected chi connectivity index (χ3v) is 5.44. The first kappa shape index (κ1) is 26.7. The van der Waals surface area contributed by atoms with E-state index in [1.807, 2.05) is 0 Å². The fourth-order valence-corrected chi connectivity index (χ4v) is 3.63. The lowest BCUT2D eigenvalue weighted by molar-refractivity contribution is -0.141. The number of carbonyl (C=O) groups is 1. The van der Waals surface area contributed by atoms with E-state index in [9.17, 15) is 41.0 Å². The van der Waals surface area contributed by atoms with Crippen LogP contribution in [0.3, 0.4) is 0 Å². The van der Waals surface area contributed by atoms with Gasteiger partial charge >= 0.3 is 12.4 Å². The molecule has 192 valence electrons. The monoisotopic (exact) mass is 507 g/mol. The summed E-state index contributed by atoms with van der Waals surface area (Å²) in [5.41, 5.74) is -1.47. The molecule has 1 atom stereocenters. The van der Waals surface area contributed by atoms with Crippen LogP contribution < -0.4 is 5.56 Å². The first-order valence-electron chi connectivity index (χ1n) is 10.7. The van der Waals surface area contributed by atoms with Gasteiger partial charge in [-0.3, -0.25) is 14.2 Å². The van der Waals surface area contributed by atoms with Gasteiger partial charge < -0.3 is 14.7 Å². The van der Waals surface area contributed by atoms with Crippen molar-refractivity contribution in [2.24, 2.45) is 0 Å². The van der Waals surface area contributed by atoms with Gasteiger partial charge in [-0.05, 0) is 18.6 Å². The number of amides is 1. The Hall–Kier alpha value is -2.93. The molecule has 13 heteroatoms. The third kappa shape index (κ3) is 7.28. The Labute approximate surface area is 195 Å². The fraction of sp³-hybridized carbons (Fsp3) is 0.500. The number of aryl methyl sites for hydroxylation is 1. The van der Waals surface area contributed by atoms with Gasteiger partial charge in [-0.2, -0.15) is 26.3 Å². The van der Waals surface area contributed by atoms with Gasteiger partial charge in [-0.1, -0.05) is 12.1 Å². The topological polar surface area (TPSA) is 84.7 Å². The minimum Gasteiger partial charge on any atom is -0.394 e. The molecular formula is C22H23F6N3O4. The number of hydrogen-bond donors (Lipinski definition) is 1. The molecule has 3 rings (SSSR count). The summed E-state index contributed by atoms with van der Waals surface area (Å²) in [6.45, 7) is -0.320. The first-order chi connectivity index (χ1) is 16.4. The second-order valence-corrected chi connectivity index (χ2v) is 8.04. The van der Waals surface area contributed by atoms with E-state index in [0.29, 0.717) is 0 Å². The number of ether oxygens (including phenoxy) is 1. The zero-order valence-electron chi connectivity index (χ0n) is 18.4. The number of hydrogen-bond acceptors (Lipinski definition) is 5. The number of rotatable bonds is 7. The second-order valence-electron chi connectivity index (χ2n) is 8.04. The highest BCUT2D eigenvalue weighted by atomic mass is 19.4. The number of alkyl halides is 6. The predicted molar refractivity (Wildman–Crippen MR) is 111 cm³/mol. The number of benzene rings is 1. The molecule has 1 N–H and O–H groups in total. The van der Waals surface area contributed by atoms with Crippen LogP contribution in [0.25, 0.3) is 11.3 Å². The average molecular weight is 507 g/mol. The van der Waals surface area contributed by atoms with Crippen molar-refractivity contribution in [3.05, 3.63) is 52.1 Å². The molecule has 1 saturated heterocycles. The maximum Gasteiger partial charge on any atom is 0.416 e. The van der Waals surface area contributed by atoms with E-state index < -0.39 is 54.9 Å². The van der Waals surface area contributed by atoms with Crippen molar-refractivity contribution in [3.63, 3.8) is 0 Å². The van der Waals surface area contributed by atoms with Gasteiger partial charge in [0, 0.05) is 37.6 Å². The van der Waals surface area contributed by atoms with Crippen molar-refractivity contribution in [2.45, 2.75) is 44.3 Å². The zero-order chi connectivity index (χ0) is 25.8. The quantitative estimate of drug-likeness (QED) is 0.583. The van der Waals surface area contributed by atoms with Crippen LogP contribution in [-0.4, -0.2) is 64.0 Å². The summed E-state index contributed by atoms with van der Waals surface area (Å²) in [7, 11) is 0. The summed E-state index contributed by atoms with van der Waals surface area (Å²) in [5.74, 6) is -0.591. The van der Waals surface area contributed by atoms with Gasteiger partial charge in [0.1, 0.15) is 12.4 Å². The molecule has 1 unspecified atom stereocenters. The molecule has 2 heterocycles. The van der Waals surface area contributed by atoms with Crippen LogP contribution in [0.1, 0.15) is 24.2 Å². The summed E-state index contributed by atoms with van der Waals surface area (Å²) in [4.78, 5) is 31.2. The molecule has 1 fully saturated rings. The standard InChI is InChI=1S/C22H23F6N3O4/c23-21(24,25)7-1-2-18-29-17(14-3-5-15(6-4-14)22(26,27)28)10-19(33)31(18)12-20(34)30-8-9-35-16(11-30)13-32/h3-6,10,16,32H,1-2,7-9,11-13H2. The molecule has 0 radical (unpaired) electrons. The van der Waals surface area contributed by atoms with E-state index in [1.165, 1.54) is 4.90 Å². The summed E-state index contributed by atoms with van der Waals surface area (Å²) in [5, 5.41) is 9.25. The zero-order valence-corrected chi connectivity index (χ0v) is 18.4. The Balaban J connectivity index is 1.90. The Morgan fingerprint density at radius 3 is 2.43 bits per heavy atom. The number of halogens is 6. The number of aliphatic hydroxyl groups excluding tert-OH is 1. The lowest BCUT2D eigenvalue weighted by Crippen LogP contribution is -2.48. The van der Waals surface area contributed by atoms with Crippen LogP contribution in [0.15, 0.2) is 35.1 Å². The lowest BCUT2D eigenvalue weighted by Gasteiger charge is -2.32. The summed E-state index contributed by atoms with van der Waals surface area (Å²) in [6, 6.07) is 4.88. The molecule has 1 aliphatic rings. The van der Waals surface area contributed by atoms with Crippen molar-refractivity contribution in [2.75, 3.05) is 26.3 Å². The summed E-state index contributed by atoms with van der Waals surface area (Å²) in [6.07, 6.45) is -11.4. The lowest BCUT2D eigenvalue weighted by atomic mass is 10.1. The SMILES string of the molecule is O=C(Cn1c(CCCC(F)(F)F)nc(-c2ccc(C(F)(F)F)cc2)cc1=O)N1CCOC(CO)C1. The molecule has 1 amide bonds. The number of morpholine rings is 1. The van der Waals surface area contributed by atoms with Crippen LogP contribution in [0.4, 0.5) is 26.3 Å². The van der Waals surface area contributed by atoms with Gasteiger partial charge in [0.2, 0.25) is 5.91 Å². The molecule has 7 nitrogen and oxygen atoms in total. The van der Waals surface area contributed by atoms with Crippen LogP contribution >= 0.6 is 0 Å². The van der Waals surface area contributed by atoms with Crippen molar-refractivity contribution < 1.29 is 41.0 Å². The molecule has 0 spiro atoms. The second kappa shape index (κ2) is 10.8. The highest BCUT2D eigenvalue weighted by molar-refractivity contribution is 5.76. The van der Waals surface area contributed by atoms with Crippen molar-refractivity contribution in [3.8, 4) is 11.3 Å². The van der Waals surface area contributed by atoms with Gasteiger partial charge in [0.05, 0.1) is 30.6 Å². The maximum atomic E-state index is 12.8. The van der Waals surface area contributed by atoms with Crippen molar-refractivity contribution in [1.29, 1.82) is 0 Å². The number of carbonyl (C=O) groups excluding carboxylic acids is 1. The van der Waals surface area contributed by atoms with Crippen molar-refractivity contribution in [1.82, 2.24) is 14.5 Å². The maximum absolute atomic E-state index is 12.8. The Morgan fingerprint density at radius 1 is 1.14 bits per heavy atom. The van der Waals surface area contributed by atoms with E-state index in [2.05, 4.69) is 4.98 Å². The number of nitrogens with zero attached hydrogens (tertiary/aromatic N) is 3. The summed E-state index contributed by atoms with van der Waals surface area (Å²) < 4.78 is 82.8. The van der Waals surface area contributed by atoms with Gasteiger partial charge in [0.15, 0.2) is 0 Å². The highest BCUT2D eigenvalue weighted by Gasteiger charge is 2.30. The van der Waals surface area contributed by atoms with Gasteiger partial charge in [-0.25, -0.2) is 4.98 Å². The summed E-state index contributed by atoms with van der Waals surface area (Å²) >= 11 is 0. The molecule has 0 saturated carbocycles. The molecule has 2 aromatic rings. The third-order valence-electron chi connectivity index (χ3n) is 5.44. The molecule has 0 aliphatic carbocycles. The molecular weight excluding hydrogens is 484 g/mol. The van der Waals surface area contributed by atoms with Crippen LogP contribution in [0.5, 0.6) is 0 Å². The minimum absolute atomic E-state index is 0.0128. The van der Waals surface area contributed by atoms with Crippen LogP contribution in [0.2, 0.25) is 0 Å². The van der Waals surface area contributed by atoms with Gasteiger partial charge in [0.25, 0.3) is 5.56 Å². The van der Waals surface area contributed by atoms with Crippen LogP contribution in [0, 0.1) is 0 Å². The van der Waals surface area contributed by atoms with E-state index in [4.69, 9.17) is 4.74 Å². The van der Waals surface area contributed by atoms with E-state index >= 15 is 0 Å². The van der Waals surface area contributed by atoms with E-state index in [1.54, 1.807) is 0 Å². The first-order valence-corrected chi connectivity index (χ1v) is 10.7. The molecule has 0 bridgehead atoms. The minimum atomic E-state index is -4.56. The highest BCUT2D eigenvalue weighted by Crippen LogP contribution is 2.30. The molecule has 1 aromatic carbocycles. The molecule has 1 aromatic heterocycles. The fourth-order valence-electron chi connectivity index (χ4n) is 3.63. The largest absolute Gasteiger partial charge is 0.416 e. The van der Waals surface area contributed by atoms with Gasteiger partial charge in [-0.15, -0.1) is 0 Å². The number of aliphatic hydroxyl groups is 1. The Morgan fingerprint density at radius 2 is 1.83 bits per heavy atom. The predicted octanol–water partition coefficient (Wildman–Crippen LogP) is 3.03. The molecule has 35 heavy (non-hydrogen) atoms. The van der Waals surface area contributed by atoms with E-state index in [0.717, 1.165) is 34.9 Å². The van der Waals surface area contributed by atoms with Crippen molar-refractivity contribution >= 4 is 5.91 Å². The smallest absolute Gasteiger partial charge is 0.394 e. The van der Waals surface area contributed by atoms with E-state index in [-0.39, 0.29) is 49.8 Å².